The van der Waals surface area contributed by atoms with Gasteiger partial charge >= 0.3 is 0 Å². The number of amides is 1. The van der Waals surface area contributed by atoms with E-state index in [2.05, 4.69) is 20.8 Å². The molecule has 0 spiro atoms. The van der Waals surface area contributed by atoms with E-state index in [-0.39, 0.29) is 17.5 Å². The number of nitrogens with zero attached hydrogens (tertiary/aromatic N) is 2. The van der Waals surface area contributed by atoms with Gasteiger partial charge in [0.2, 0.25) is 5.91 Å². The normalized spacial score (nSPS) is 16.0. The van der Waals surface area contributed by atoms with Crippen LogP contribution in [-0.2, 0) is 4.79 Å². The van der Waals surface area contributed by atoms with Gasteiger partial charge in [-0.1, -0.05) is 0 Å². The number of hydrogen-bond acceptors (Lipinski definition) is 5. The molecule has 1 aliphatic heterocycles. The molecule has 2 heterocycles. The van der Waals surface area contributed by atoms with Crippen LogP contribution in [0.5, 0.6) is 0 Å². The van der Waals surface area contributed by atoms with Gasteiger partial charge < -0.3 is 10.6 Å². The standard InChI is InChI=1S/C13H15N5O3/c19-13(8-3-5-14-6-4-8)15-12-10-7-9(18(20)21)1-2-11(10)16-17-12/h1-2,7-8,14H,3-6H2,(H2,15,16,17,19). The third-order valence-corrected chi connectivity index (χ3v) is 3.71. The fourth-order valence-electron chi connectivity index (χ4n) is 2.51. The molecule has 8 nitrogen and oxygen atoms in total. The van der Waals surface area contributed by atoms with Gasteiger partial charge in [0.25, 0.3) is 5.69 Å². The highest BCUT2D eigenvalue weighted by Crippen LogP contribution is 2.26. The van der Waals surface area contributed by atoms with Gasteiger partial charge in [0, 0.05) is 18.1 Å². The maximum Gasteiger partial charge on any atom is 0.270 e. The molecule has 3 N–H and O–H groups in total. The number of non-ortho nitro benzene ring substituents is 1. The number of fused-ring (bicyclic) bond motifs is 1. The van der Waals surface area contributed by atoms with Crippen LogP contribution in [0.25, 0.3) is 10.9 Å². The molecule has 8 heteroatoms. The lowest BCUT2D eigenvalue weighted by atomic mass is 9.97. The first-order valence-electron chi connectivity index (χ1n) is 6.79. The minimum Gasteiger partial charge on any atom is -0.317 e. The van der Waals surface area contributed by atoms with E-state index < -0.39 is 4.92 Å². The van der Waals surface area contributed by atoms with E-state index in [0.717, 1.165) is 25.9 Å². The lowest BCUT2D eigenvalue weighted by Gasteiger charge is -2.21. The Labute approximate surface area is 120 Å². The Kier molecular flexibility index (Phi) is 3.53. The molecule has 1 aliphatic rings. The fourth-order valence-corrected chi connectivity index (χ4v) is 2.51. The molecule has 2 aromatic rings. The van der Waals surface area contributed by atoms with Gasteiger partial charge in [-0.05, 0) is 32.0 Å². The van der Waals surface area contributed by atoms with Crippen LogP contribution in [0.1, 0.15) is 12.8 Å². The highest BCUT2D eigenvalue weighted by Gasteiger charge is 2.22. The number of aromatic amines is 1. The molecule has 21 heavy (non-hydrogen) atoms. The molecule has 0 bridgehead atoms. The largest absolute Gasteiger partial charge is 0.317 e. The second-order valence-electron chi connectivity index (χ2n) is 5.07. The molecule has 0 atom stereocenters. The first-order chi connectivity index (χ1) is 10.1. The van der Waals surface area contributed by atoms with Crippen LogP contribution in [0, 0.1) is 16.0 Å². The van der Waals surface area contributed by atoms with Crippen LogP contribution in [0.2, 0.25) is 0 Å². The number of carbonyl (C=O) groups excluding carboxylic acids is 1. The van der Waals surface area contributed by atoms with Crippen LogP contribution in [0.15, 0.2) is 18.2 Å². The van der Waals surface area contributed by atoms with Gasteiger partial charge in [-0.25, -0.2) is 0 Å². The van der Waals surface area contributed by atoms with Gasteiger partial charge in [-0.15, -0.1) is 0 Å². The van der Waals surface area contributed by atoms with E-state index in [1.165, 1.54) is 12.1 Å². The van der Waals surface area contributed by atoms with Crippen molar-refractivity contribution in [3.05, 3.63) is 28.3 Å². The first-order valence-corrected chi connectivity index (χ1v) is 6.79. The maximum atomic E-state index is 12.2. The van der Waals surface area contributed by atoms with Crippen molar-refractivity contribution in [3.63, 3.8) is 0 Å². The zero-order valence-corrected chi connectivity index (χ0v) is 11.3. The van der Waals surface area contributed by atoms with Crippen LogP contribution in [-0.4, -0.2) is 34.1 Å². The van der Waals surface area contributed by atoms with Crippen molar-refractivity contribution in [2.75, 3.05) is 18.4 Å². The van der Waals surface area contributed by atoms with Crippen molar-refractivity contribution < 1.29 is 9.72 Å². The van der Waals surface area contributed by atoms with Crippen LogP contribution < -0.4 is 10.6 Å². The van der Waals surface area contributed by atoms with Crippen LogP contribution in [0.3, 0.4) is 0 Å². The molecule has 1 fully saturated rings. The molecule has 3 rings (SSSR count). The smallest absolute Gasteiger partial charge is 0.270 e. The average molecular weight is 289 g/mol. The van der Waals surface area contributed by atoms with Gasteiger partial charge in [-0.2, -0.15) is 5.10 Å². The van der Waals surface area contributed by atoms with E-state index in [4.69, 9.17) is 0 Å². The Morgan fingerprint density at radius 3 is 2.86 bits per heavy atom. The lowest BCUT2D eigenvalue weighted by Crippen LogP contribution is -2.34. The predicted molar refractivity (Wildman–Crippen MR) is 77.0 cm³/mol. The van der Waals surface area contributed by atoms with Gasteiger partial charge in [0.15, 0.2) is 5.82 Å². The van der Waals surface area contributed by atoms with E-state index >= 15 is 0 Å². The van der Waals surface area contributed by atoms with Gasteiger partial charge in [-0.3, -0.25) is 20.0 Å². The minimum atomic E-state index is -0.467. The zero-order chi connectivity index (χ0) is 14.8. The third kappa shape index (κ3) is 2.70. The molecular formula is C13H15N5O3. The number of nitrogens with one attached hydrogen (secondary N) is 3. The maximum absolute atomic E-state index is 12.2. The van der Waals surface area contributed by atoms with E-state index in [1.807, 2.05) is 0 Å². The molecular weight excluding hydrogens is 274 g/mol. The summed E-state index contributed by atoms with van der Waals surface area (Å²) in [7, 11) is 0. The Hall–Kier alpha value is -2.48. The highest BCUT2D eigenvalue weighted by atomic mass is 16.6. The van der Waals surface area contributed by atoms with E-state index in [1.54, 1.807) is 6.07 Å². The Balaban J connectivity index is 1.84. The number of carbonyl (C=O) groups is 1. The summed E-state index contributed by atoms with van der Waals surface area (Å²) in [6, 6.07) is 4.40. The number of rotatable bonds is 3. The number of aromatic nitrogens is 2. The summed E-state index contributed by atoms with van der Waals surface area (Å²) < 4.78 is 0. The van der Waals surface area contributed by atoms with E-state index in [0.29, 0.717) is 16.7 Å². The molecule has 0 aliphatic carbocycles. The number of nitro benzene ring substituents is 1. The summed E-state index contributed by atoms with van der Waals surface area (Å²) in [6.45, 7) is 1.65. The summed E-state index contributed by atoms with van der Waals surface area (Å²) in [5.41, 5.74) is 0.627. The van der Waals surface area contributed by atoms with Gasteiger partial charge in [0.1, 0.15) is 0 Å². The summed E-state index contributed by atoms with van der Waals surface area (Å²) in [4.78, 5) is 22.6. The monoisotopic (exact) mass is 289 g/mol. The molecule has 1 aromatic carbocycles. The van der Waals surface area contributed by atoms with Gasteiger partial charge in [0.05, 0.1) is 15.8 Å². The molecule has 110 valence electrons. The molecule has 1 amide bonds. The second-order valence-corrected chi connectivity index (χ2v) is 5.07. The SMILES string of the molecule is O=C(Nc1n[nH]c2ccc([N+](=O)[O-])cc12)C1CCNCC1. The zero-order valence-electron chi connectivity index (χ0n) is 11.3. The van der Waals surface area contributed by atoms with Crippen molar-refractivity contribution in [1.82, 2.24) is 15.5 Å². The number of piperidine rings is 1. The fraction of sp³-hybridized carbons (Fsp3) is 0.385. The Morgan fingerprint density at radius 2 is 2.14 bits per heavy atom. The molecule has 1 saturated heterocycles. The average Bonchev–Trinajstić information content (AvgIpc) is 2.90. The minimum absolute atomic E-state index is 0.0266. The van der Waals surface area contributed by atoms with Crippen LogP contribution in [0.4, 0.5) is 11.5 Å². The molecule has 0 radical (unpaired) electrons. The summed E-state index contributed by atoms with van der Waals surface area (Å²) in [6.07, 6.45) is 1.57. The van der Waals surface area contributed by atoms with Crippen molar-refractivity contribution in [2.24, 2.45) is 5.92 Å². The number of H-pyrrole nitrogens is 1. The van der Waals surface area contributed by atoms with E-state index in [9.17, 15) is 14.9 Å². The van der Waals surface area contributed by atoms with Crippen LogP contribution >= 0.6 is 0 Å². The predicted octanol–water partition coefficient (Wildman–Crippen LogP) is 1.41. The summed E-state index contributed by atoms with van der Waals surface area (Å²) in [5, 5.41) is 24.1. The number of nitro groups is 1. The summed E-state index contributed by atoms with van der Waals surface area (Å²) >= 11 is 0. The Bertz CT molecular complexity index is 690. The van der Waals surface area contributed by atoms with Crippen molar-refractivity contribution in [2.45, 2.75) is 12.8 Å². The quantitative estimate of drug-likeness (QED) is 0.584. The highest BCUT2D eigenvalue weighted by molar-refractivity contribution is 6.01. The third-order valence-electron chi connectivity index (χ3n) is 3.71. The first kappa shape index (κ1) is 13.5. The van der Waals surface area contributed by atoms with Crippen molar-refractivity contribution in [1.29, 1.82) is 0 Å². The Morgan fingerprint density at radius 1 is 1.38 bits per heavy atom. The molecule has 0 unspecified atom stereocenters. The number of benzene rings is 1. The number of anilines is 1. The topological polar surface area (TPSA) is 113 Å². The molecule has 0 saturated carbocycles. The van der Waals surface area contributed by atoms with Crippen molar-refractivity contribution in [3.8, 4) is 0 Å². The molecule has 1 aromatic heterocycles. The number of hydrogen-bond donors (Lipinski definition) is 3. The lowest BCUT2D eigenvalue weighted by molar-refractivity contribution is -0.384. The second kappa shape index (κ2) is 5.49. The summed E-state index contributed by atoms with van der Waals surface area (Å²) in [5.74, 6) is 0.213. The van der Waals surface area contributed by atoms with Crippen molar-refractivity contribution >= 4 is 28.3 Å².